The number of aromatic nitrogens is 3. The topological polar surface area (TPSA) is 108 Å². The smallest absolute Gasteiger partial charge is 0.284 e. The summed E-state index contributed by atoms with van der Waals surface area (Å²) in [5, 5.41) is 12.8. The zero-order chi connectivity index (χ0) is 24.8. The van der Waals surface area contributed by atoms with Crippen LogP contribution in [0.15, 0.2) is 51.8 Å². The lowest BCUT2D eigenvalue weighted by Crippen LogP contribution is -2.43. The predicted octanol–water partition coefficient (Wildman–Crippen LogP) is 4.27. The van der Waals surface area contributed by atoms with Gasteiger partial charge in [0.1, 0.15) is 11.4 Å². The molecule has 6 rings (SSSR count). The molecule has 1 aliphatic heterocycles. The maximum Gasteiger partial charge on any atom is 0.284 e. The summed E-state index contributed by atoms with van der Waals surface area (Å²) in [4.78, 5) is 28.6. The van der Waals surface area contributed by atoms with Crippen LogP contribution in [-0.4, -0.2) is 46.9 Å². The first kappa shape index (κ1) is 25.1. The van der Waals surface area contributed by atoms with Crippen molar-refractivity contribution in [2.24, 2.45) is 0 Å². The Bertz CT molecular complexity index is 1590. The Morgan fingerprint density at radius 2 is 1.89 bits per heavy atom. The number of nitrogens with one attached hydrogen (secondary N) is 3. The number of fused-ring (bicyclic) bond motifs is 1. The molecule has 12 heteroatoms. The minimum absolute atomic E-state index is 0. The zero-order valence-corrected chi connectivity index (χ0v) is 21.3. The summed E-state index contributed by atoms with van der Waals surface area (Å²) < 4.78 is 22.4. The van der Waals surface area contributed by atoms with E-state index >= 15 is 4.39 Å². The quantitative estimate of drug-likeness (QED) is 0.323. The largest absolute Gasteiger partial charge is 0.409 e. The van der Waals surface area contributed by atoms with E-state index in [9.17, 15) is 9.59 Å². The van der Waals surface area contributed by atoms with Crippen molar-refractivity contribution in [3.63, 3.8) is 0 Å². The molecule has 4 aromatic rings. The van der Waals surface area contributed by atoms with Crippen LogP contribution >= 0.6 is 24.6 Å². The van der Waals surface area contributed by atoms with E-state index in [-0.39, 0.29) is 34.2 Å². The van der Waals surface area contributed by atoms with Crippen LogP contribution < -0.4 is 21.0 Å². The lowest BCUT2D eigenvalue weighted by molar-refractivity contribution is 0.102. The molecule has 2 aromatic heterocycles. The molecule has 0 radical (unpaired) electrons. The van der Waals surface area contributed by atoms with Gasteiger partial charge in [0.2, 0.25) is 11.3 Å². The van der Waals surface area contributed by atoms with Gasteiger partial charge in [-0.1, -0.05) is 0 Å². The third kappa shape index (κ3) is 4.89. The Morgan fingerprint density at radius 1 is 1.16 bits per heavy atom. The van der Waals surface area contributed by atoms with Crippen molar-refractivity contribution in [2.75, 3.05) is 36.4 Å². The highest BCUT2D eigenvalue weighted by molar-refractivity contribution is 7.71. The number of aromatic amines is 1. The average molecular weight is 543 g/mol. The second kappa shape index (κ2) is 10.1. The van der Waals surface area contributed by atoms with Crippen LogP contribution in [0.1, 0.15) is 29.2 Å². The van der Waals surface area contributed by atoms with Crippen LogP contribution in [0, 0.1) is 10.7 Å². The van der Waals surface area contributed by atoms with Gasteiger partial charge in [-0.15, -0.1) is 17.5 Å². The second-order valence-electron chi connectivity index (χ2n) is 9.02. The first-order valence-corrected chi connectivity index (χ1v) is 12.2. The molecule has 1 amide bonds. The number of amides is 1. The number of rotatable bonds is 5. The highest BCUT2D eigenvalue weighted by Crippen LogP contribution is 2.38. The van der Waals surface area contributed by atoms with Gasteiger partial charge in [0.25, 0.3) is 10.7 Å². The number of pyridine rings is 1. The van der Waals surface area contributed by atoms with Crippen molar-refractivity contribution in [3.8, 4) is 11.5 Å². The number of benzene rings is 2. The molecule has 0 spiro atoms. The minimum Gasteiger partial charge on any atom is -0.409 e. The Morgan fingerprint density at radius 3 is 2.54 bits per heavy atom. The Balaban J connectivity index is 0.00000280. The summed E-state index contributed by atoms with van der Waals surface area (Å²) >= 11 is 4.90. The molecule has 1 saturated carbocycles. The maximum atomic E-state index is 15.2. The molecule has 3 heterocycles. The van der Waals surface area contributed by atoms with E-state index in [1.807, 2.05) is 9.47 Å². The zero-order valence-electron chi connectivity index (χ0n) is 19.6. The molecule has 0 bridgehead atoms. The Labute approximate surface area is 222 Å². The van der Waals surface area contributed by atoms with Gasteiger partial charge in [-0.3, -0.25) is 9.59 Å². The van der Waals surface area contributed by atoms with E-state index in [0.29, 0.717) is 41.4 Å². The van der Waals surface area contributed by atoms with E-state index in [2.05, 4.69) is 20.8 Å². The number of hydrogen-bond donors (Lipinski definition) is 3. The highest BCUT2D eigenvalue weighted by atomic mass is 35.5. The molecule has 0 unspecified atom stereocenters. The predicted molar refractivity (Wildman–Crippen MR) is 144 cm³/mol. The van der Waals surface area contributed by atoms with E-state index in [1.165, 1.54) is 6.07 Å². The number of carbonyl (C=O) groups is 1. The SMILES string of the molecule is Cl.O=C(Nc1ccc(-c2n[nH]c(=S)o2)cc1)c1cn(C2CC2)c2cc(N3CCNCC3)c(F)cc2c1=O. The number of anilines is 2. The molecule has 1 saturated heterocycles. The summed E-state index contributed by atoms with van der Waals surface area (Å²) in [5.41, 5.74) is 1.80. The molecule has 0 atom stereocenters. The van der Waals surface area contributed by atoms with Crippen LogP contribution in [0.5, 0.6) is 0 Å². The van der Waals surface area contributed by atoms with E-state index < -0.39 is 17.2 Å². The fourth-order valence-electron chi connectivity index (χ4n) is 4.57. The standard InChI is InChI=1S/C25H23FN6O3S.ClH/c26-19-11-17-20(12-21(19)31-9-7-27-8-10-31)32(16-5-6-16)13-18(22(17)33)23(34)28-15-3-1-14(2-4-15)24-29-30-25(36)35-24;/h1-4,11-13,16,27H,5-10H2,(H,28,34)(H,30,36);1H. The van der Waals surface area contributed by atoms with Crippen molar-refractivity contribution < 1.29 is 13.6 Å². The number of piperazine rings is 1. The molecule has 1 aliphatic carbocycles. The van der Waals surface area contributed by atoms with E-state index in [4.69, 9.17) is 16.6 Å². The van der Waals surface area contributed by atoms with Gasteiger partial charge in [0.15, 0.2) is 0 Å². The molecule has 37 heavy (non-hydrogen) atoms. The normalized spacial score (nSPS) is 15.4. The van der Waals surface area contributed by atoms with Crippen molar-refractivity contribution >= 4 is 52.8 Å². The van der Waals surface area contributed by atoms with Crippen LogP contribution in [0.25, 0.3) is 22.4 Å². The minimum atomic E-state index is -0.548. The van der Waals surface area contributed by atoms with Gasteiger partial charge in [0, 0.05) is 55.1 Å². The van der Waals surface area contributed by atoms with E-state index in [1.54, 1.807) is 36.5 Å². The number of H-pyrrole nitrogens is 1. The van der Waals surface area contributed by atoms with E-state index in [0.717, 1.165) is 25.9 Å². The van der Waals surface area contributed by atoms with Crippen molar-refractivity contribution in [3.05, 3.63) is 69.0 Å². The monoisotopic (exact) mass is 542 g/mol. The first-order chi connectivity index (χ1) is 17.5. The molecule has 3 N–H and O–H groups in total. The average Bonchev–Trinajstić information content (AvgIpc) is 3.64. The molecule has 9 nitrogen and oxygen atoms in total. The number of hydrogen-bond acceptors (Lipinski definition) is 7. The molecule has 192 valence electrons. The first-order valence-electron chi connectivity index (χ1n) is 11.8. The van der Waals surface area contributed by atoms with Crippen LogP contribution in [-0.2, 0) is 0 Å². The van der Waals surface area contributed by atoms with Gasteiger partial charge >= 0.3 is 0 Å². The van der Waals surface area contributed by atoms with Gasteiger partial charge in [-0.25, -0.2) is 9.49 Å². The lowest BCUT2D eigenvalue weighted by Gasteiger charge is -2.30. The molecular formula is C25H24ClFN6O3S. The molecular weight excluding hydrogens is 519 g/mol. The Kier molecular flexibility index (Phi) is 6.84. The summed E-state index contributed by atoms with van der Waals surface area (Å²) in [6.07, 6.45) is 3.51. The van der Waals surface area contributed by atoms with Crippen LogP contribution in [0.2, 0.25) is 0 Å². The third-order valence-corrected chi connectivity index (χ3v) is 6.75. The van der Waals surface area contributed by atoms with Crippen molar-refractivity contribution in [2.45, 2.75) is 18.9 Å². The summed E-state index contributed by atoms with van der Waals surface area (Å²) in [6.45, 7) is 2.94. The Hall–Kier alpha value is -3.54. The van der Waals surface area contributed by atoms with Gasteiger partial charge in [-0.05, 0) is 61.5 Å². The van der Waals surface area contributed by atoms with Crippen molar-refractivity contribution in [1.29, 1.82) is 0 Å². The highest BCUT2D eigenvalue weighted by Gasteiger charge is 2.28. The summed E-state index contributed by atoms with van der Waals surface area (Å²) in [6, 6.07) is 10.0. The van der Waals surface area contributed by atoms with Crippen molar-refractivity contribution in [1.82, 2.24) is 20.1 Å². The lowest BCUT2D eigenvalue weighted by atomic mass is 10.1. The fraction of sp³-hybridized carbons (Fsp3) is 0.280. The van der Waals surface area contributed by atoms with Gasteiger partial charge in [-0.2, -0.15) is 0 Å². The van der Waals surface area contributed by atoms with Gasteiger partial charge in [0.05, 0.1) is 11.2 Å². The van der Waals surface area contributed by atoms with Gasteiger partial charge < -0.3 is 24.5 Å². The number of halogens is 2. The fourth-order valence-corrected chi connectivity index (χ4v) is 4.70. The molecule has 2 aromatic carbocycles. The second-order valence-corrected chi connectivity index (χ2v) is 9.39. The van der Waals surface area contributed by atoms with Crippen LogP contribution in [0.3, 0.4) is 0 Å². The summed E-state index contributed by atoms with van der Waals surface area (Å²) in [5.74, 6) is -0.669. The van der Waals surface area contributed by atoms with Crippen LogP contribution in [0.4, 0.5) is 15.8 Å². The summed E-state index contributed by atoms with van der Waals surface area (Å²) in [7, 11) is 0. The maximum absolute atomic E-state index is 15.2. The number of carbonyl (C=O) groups excluding carboxylic acids is 1. The molecule has 2 aliphatic rings. The third-order valence-electron chi connectivity index (χ3n) is 6.57. The number of nitrogens with zero attached hydrogens (tertiary/aromatic N) is 3. The molecule has 2 fully saturated rings.